The van der Waals surface area contributed by atoms with Crippen LogP contribution >= 0.6 is 6.89 Å². The molecular weight excluding hydrogens is 175 g/mol. The molecule has 0 radical (unpaired) electrons. The largest absolute Gasteiger partial charge is 0.112 e. The molecule has 1 aliphatic rings. The smallest absolute Gasteiger partial charge is 0.0195 e. The van der Waals surface area contributed by atoms with E-state index in [1.165, 1.54) is 19.3 Å². The van der Waals surface area contributed by atoms with Crippen molar-refractivity contribution in [2.75, 3.05) is 13.3 Å². The van der Waals surface area contributed by atoms with Crippen LogP contribution in [-0.2, 0) is 0 Å². The summed E-state index contributed by atoms with van der Waals surface area (Å²) in [6, 6.07) is 0. The molecule has 0 aromatic rings. The molecule has 0 aromatic heterocycles. The van der Waals surface area contributed by atoms with Crippen LogP contribution in [0.15, 0.2) is 0 Å². The fraction of sp³-hybridized carbons (Fsp3) is 0.917. The minimum atomic E-state index is -0.646. The molecule has 0 fully saturated rings. The summed E-state index contributed by atoms with van der Waals surface area (Å²) in [7, 11) is 0. The monoisotopic (exact) mass is 200 g/mol. The van der Waals surface area contributed by atoms with Crippen LogP contribution < -0.4 is 0 Å². The Balaban J connectivity index is 2.72. The van der Waals surface area contributed by atoms with Gasteiger partial charge in [-0.15, -0.1) is 6.89 Å². The maximum atomic E-state index is 2.73. The van der Waals surface area contributed by atoms with E-state index in [9.17, 15) is 0 Å². The lowest BCUT2D eigenvalue weighted by Crippen LogP contribution is -2.13. The molecule has 13 heavy (non-hydrogen) atoms. The van der Waals surface area contributed by atoms with E-state index in [-0.39, 0.29) is 0 Å². The third-order valence-corrected chi connectivity index (χ3v) is 7.61. The van der Waals surface area contributed by atoms with E-state index < -0.39 is 6.89 Å². The minimum Gasteiger partial charge on any atom is -0.112 e. The zero-order chi connectivity index (χ0) is 10.1. The molecule has 0 amide bonds. The first kappa shape index (κ1) is 11.4. The topological polar surface area (TPSA) is 0 Å². The van der Waals surface area contributed by atoms with Gasteiger partial charge in [-0.3, -0.25) is 0 Å². The summed E-state index contributed by atoms with van der Waals surface area (Å²) in [5, 5.41) is 0. The second-order valence-corrected chi connectivity index (χ2v) is 9.54. The molecule has 0 spiro atoms. The van der Waals surface area contributed by atoms with Crippen molar-refractivity contribution in [3.63, 3.8) is 0 Å². The molecule has 1 heterocycles. The van der Waals surface area contributed by atoms with Crippen LogP contribution in [0.5, 0.6) is 0 Å². The normalized spacial score (nSPS) is 32.2. The van der Waals surface area contributed by atoms with E-state index in [1.54, 1.807) is 0 Å². The number of hydrogen-bond donors (Lipinski definition) is 0. The van der Waals surface area contributed by atoms with E-state index in [4.69, 9.17) is 0 Å². The van der Waals surface area contributed by atoms with Gasteiger partial charge >= 0.3 is 0 Å². The zero-order valence-corrected chi connectivity index (χ0v) is 10.8. The number of rotatable bonds is 3. The van der Waals surface area contributed by atoms with Gasteiger partial charge in [0.15, 0.2) is 0 Å². The SMILES string of the molecule is CCC(CC)C1C=P(C)(C)C(C)C1. The molecule has 0 aromatic carbocycles. The van der Waals surface area contributed by atoms with Gasteiger partial charge in [-0.25, -0.2) is 0 Å². The van der Waals surface area contributed by atoms with Crippen LogP contribution in [0.3, 0.4) is 0 Å². The Morgan fingerprint density at radius 2 is 1.85 bits per heavy atom. The lowest BCUT2D eigenvalue weighted by molar-refractivity contribution is 0.384. The molecule has 0 N–H and O–H groups in total. The van der Waals surface area contributed by atoms with Crippen LogP contribution in [-0.4, -0.2) is 24.8 Å². The Labute approximate surface area is 84.1 Å². The minimum absolute atomic E-state index is 0.646. The van der Waals surface area contributed by atoms with E-state index in [0.717, 1.165) is 17.5 Å². The van der Waals surface area contributed by atoms with Gasteiger partial charge in [0.2, 0.25) is 0 Å². The van der Waals surface area contributed by atoms with Gasteiger partial charge in [0.1, 0.15) is 0 Å². The van der Waals surface area contributed by atoms with Gasteiger partial charge in [0.25, 0.3) is 0 Å². The first-order valence-corrected chi connectivity index (χ1v) is 8.52. The summed E-state index contributed by atoms with van der Waals surface area (Å²) in [5.74, 6) is 4.63. The van der Waals surface area contributed by atoms with E-state index >= 15 is 0 Å². The Hall–Kier alpha value is 0.300. The van der Waals surface area contributed by atoms with Gasteiger partial charge in [-0.05, 0) is 37.2 Å². The maximum Gasteiger partial charge on any atom is -0.0195 e. The highest BCUT2D eigenvalue weighted by atomic mass is 31.2. The maximum absolute atomic E-state index is 2.73. The fourth-order valence-corrected chi connectivity index (χ4v) is 5.01. The number of hydrogen-bond acceptors (Lipinski definition) is 0. The molecule has 1 aliphatic heterocycles. The Morgan fingerprint density at radius 3 is 2.15 bits per heavy atom. The van der Waals surface area contributed by atoms with E-state index in [0.29, 0.717) is 0 Å². The van der Waals surface area contributed by atoms with Crippen LogP contribution in [0.1, 0.15) is 40.0 Å². The standard InChI is InChI=1S/C12H25P/c1-6-11(7-2)12-8-10(3)13(4,5)9-12/h9-12H,6-8H2,1-5H3. The molecule has 0 nitrogen and oxygen atoms in total. The van der Waals surface area contributed by atoms with Crippen LogP contribution in [0.2, 0.25) is 0 Å². The van der Waals surface area contributed by atoms with Crippen molar-refractivity contribution >= 4 is 12.7 Å². The summed E-state index contributed by atoms with van der Waals surface area (Å²) in [6.07, 6.45) is 4.20. The van der Waals surface area contributed by atoms with Crippen molar-refractivity contribution < 1.29 is 0 Å². The van der Waals surface area contributed by atoms with Gasteiger partial charge in [0, 0.05) is 0 Å². The Morgan fingerprint density at radius 1 is 1.31 bits per heavy atom. The predicted molar refractivity (Wildman–Crippen MR) is 66.5 cm³/mol. The van der Waals surface area contributed by atoms with Crippen molar-refractivity contribution in [2.24, 2.45) is 11.8 Å². The molecular formula is C12H25P. The molecule has 0 bridgehead atoms. The molecule has 0 saturated carbocycles. The summed E-state index contributed by atoms with van der Waals surface area (Å²) in [5.41, 5.74) is 0.984. The first-order valence-electron chi connectivity index (χ1n) is 5.70. The third kappa shape index (κ3) is 2.40. The molecule has 1 heteroatoms. The second-order valence-electron chi connectivity index (χ2n) is 5.10. The fourth-order valence-electron chi connectivity index (χ4n) is 2.58. The van der Waals surface area contributed by atoms with Crippen molar-refractivity contribution in [2.45, 2.75) is 45.7 Å². The van der Waals surface area contributed by atoms with Gasteiger partial charge < -0.3 is 0 Å². The molecule has 2 atom stereocenters. The van der Waals surface area contributed by atoms with Crippen molar-refractivity contribution in [1.82, 2.24) is 0 Å². The van der Waals surface area contributed by atoms with Crippen molar-refractivity contribution in [3.05, 3.63) is 0 Å². The van der Waals surface area contributed by atoms with E-state index in [2.05, 4.69) is 39.9 Å². The summed E-state index contributed by atoms with van der Waals surface area (Å²) in [4.78, 5) is 0. The highest BCUT2D eigenvalue weighted by Gasteiger charge is 2.29. The lowest BCUT2D eigenvalue weighted by atomic mass is 9.86. The predicted octanol–water partition coefficient (Wildman–Crippen LogP) is 3.91. The molecule has 2 unspecified atom stereocenters. The Kier molecular flexibility index (Phi) is 3.69. The molecule has 0 aliphatic carbocycles. The molecule has 0 saturated heterocycles. The van der Waals surface area contributed by atoms with Crippen molar-refractivity contribution in [1.29, 1.82) is 0 Å². The molecule has 78 valence electrons. The molecule has 1 rings (SSSR count). The summed E-state index contributed by atoms with van der Waals surface area (Å²) in [6.45, 7) is 11.5. The van der Waals surface area contributed by atoms with Crippen LogP contribution in [0.4, 0.5) is 0 Å². The first-order chi connectivity index (χ1) is 6.01. The third-order valence-electron chi connectivity index (χ3n) is 3.98. The van der Waals surface area contributed by atoms with E-state index in [1.807, 2.05) is 0 Å². The average molecular weight is 200 g/mol. The van der Waals surface area contributed by atoms with Gasteiger partial charge in [-0.1, -0.05) is 39.4 Å². The highest BCUT2D eigenvalue weighted by molar-refractivity contribution is 7.74. The average Bonchev–Trinajstić information content (AvgIpc) is 2.29. The Bertz CT molecular complexity index is 207. The summed E-state index contributed by atoms with van der Waals surface area (Å²) >= 11 is 0. The van der Waals surface area contributed by atoms with Crippen molar-refractivity contribution in [3.8, 4) is 0 Å². The lowest BCUT2D eigenvalue weighted by Gasteiger charge is -2.19. The van der Waals surface area contributed by atoms with Crippen LogP contribution in [0.25, 0.3) is 0 Å². The van der Waals surface area contributed by atoms with Gasteiger partial charge in [-0.2, -0.15) is 0 Å². The quantitative estimate of drug-likeness (QED) is 0.606. The second kappa shape index (κ2) is 4.22. The van der Waals surface area contributed by atoms with Crippen LogP contribution in [0, 0.1) is 11.8 Å². The van der Waals surface area contributed by atoms with Gasteiger partial charge in [0.05, 0.1) is 0 Å². The summed E-state index contributed by atoms with van der Waals surface area (Å²) < 4.78 is 0. The zero-order valence-electron chi connectivity index (χ0n) is 9.88. The highest BCUT2D eigenvalue weighted by Crippen LogP contribution is 2.53.